The van der Waals surface area contributed by atoms with Gasteiger partial charge >= 0.3 is 0 Å². The summed E-state index contributed by atoms with van der Waals surface area (Å²) in [6.45, 7) is 5.86. The third-order valence-corrected chi connectivity index (χ3v) is 2.34. The summed E-state index contributed by atoms with van der Waals surface area (Å²) >= 11 is 0. The zero-order valence-corrected chi connectivity index (χ0v) is 9.05. The van der Waals surface area contributed by atoms with E-state index in [0.29, 0.717) is 5.75 Å². The van der Waals surface area contributed by atoms with E-state index in [0.717, 1.165) is 22.4 Å². The second-order valence-corrected chi connectivity index (χ2v) is 3.34. The second-order valence-electron chi connectivity index (χ2n) is 3.34. The van der Waals surface area contributed by atoms with Crippen molar-refractivity contribution in [1.82, 2.24) is 0 Å². The molecule has 1 aromatic carbocycles. The molecule has 0 fully saturated rings. The van der Waals surface area contributed by atoms with Crippen LogP contribution in [0.2, 0.25) is 0 Å². The van der Waals surface area contributed by atoms with Gasteiger partial charge in [-0.25, -0.2) is 0 Å². The molecule has 14 heavy (non-hydrogen) atoms. The van der Waals surface area contributed by atoms with Crippen molar-refractivity contribution in [3.63, 3.8) is 0 Å². The van der Waals surface area contributed by atoms with Crippen molar-refractivity contribution in [2.75, 3.05) is 13.9 Å². The lowest BCUT2D eigenvalue weighted by atomic mass is 10.0. The Bertz CT molecular complexity index is 332. The third-order valence-electron chi connectivity index (χ3n) is 2.34. The van der Waals surface area contributed by atoms with Gasteiger partial charge in [-0.05, 0) is 43.5 Å². The highest BCUT2D eigenvalue weighted by Crippen LogP contribution is 2.31. The molecular weight excluding hydrogens is 180 g/mol. The second kappa shape index (κ2) is 4.33. The molecule has 0 saturated heterocycles. The van der Waals surface area contributed by atoms with E-state index in [1.54, 1.807) is 7.11 Å². The Hall–Kier alpha value is -1.22. The number of aryl methyl sites for hydroxylation is 1. The Labute approximate surface area is 84.3 Å². The molecule has 3 nitrogen and oxygen atoms in total. The SMILES string of the molecule is COCOc1cc(C)c(O)c(C)c1C. The van der Waals surface area contributed by atoms with Gasteiger partial charge in [-0.2, -0.15) is 0 Å². The van der Waals surface area contributed by atoms with Crippen LogP contribution in [-0.4, -0.2) is 19.0 Å². The lowest BCUT2D eigenvalue weighted by molar-refractivity contribution is 0.0505. The van der Waals surface area contributed by atoms with Crippen LogP contribution in [0.25, 0.3) is 0 Å². The first-order valence-corrected chi connectivity index (χ1v) is 4.49. The van der Waals surface area contributed by atoms with Crippen molar-refractivity contribution >= 4 is 0 Å². The molecule has 0 spiro atoms. The quantitative estimate of drug-likeness (QED) is 0.754. The standard InChI is InChI=1S/C11H16O3/c1-7-5-10(14-6-13-4)8(2)9(3)11(7)12/h5,12H,6H2,1-4H3. The number of phenolic OH excluding ortho intramolecular Hbond substituents is 1. The number of methoxy groups -OCH3 is 1. The van der Waals surface area contributed by atoms with Crippen LogP contribution in [0, 0.1) is 20.8 Å². The maximum Gasteiger partial charge on any atom is 0.188 e. The highest BCUT2D eigenvalue weighted by molar-refractivity contribution is 5.51. The Balaban J connectivity index is 3.06. The normalized spacial score (nSPS) is 10.3. The van der Waals surface area contributed by atoms with Crippen molar-refractivity contribution < 1.29 is 14.6 Å². The third kappa shape index (κ3) is 1.99. The molecule has 0 bridgehead atoms. The number of aromatic hydroxyl groups is 1. The van der Waals surface area contributed by atoms with Crippen LogP contribution in [0.1, 0.15) is 16.7 Å². The largest absolute Gasteiger partial charge is 0.507 e. The van der Waals surface area contributed by atoms with Crippen molar-refractivity contribution in [3.8, 4) is 11.5 Å². The predicted octanol–water partition coefficient (Wildman–Crippen LogP) is 2.30. The van der Waals surface area contributed by atoms with Crippen LogP contribution in [0.15, 0.2) is 6.07 Å². The van der Waals surface area contributed by atoms with Crippen LogP contribution >= 0.6 is 0 Å². The summed E-state index contributed by atoms with van der Waals surface area (Å²) in [6.07, 6.45) is 0. The summed E-state index contributed by atoms with van der Waals surface area (Å²) in [5.74, 6) is 1.10. The molecule has 78 valence electrons. The molecule has 1 rings (SSSR count). The van der Waals surface area contributed by atoms with Gasteiger partial charge in [-0.3, -0.25) is 0 Å². The summed E-state index contributed by atoms with van der Waals surface area (Å²) < 4.78 is 10.2. The van der Waals surface area contributed by atoms with Crippen LogP contribution in [0.4, 0.5) is 0 Å². The van der Waals surface area contributed by atoms with Gasteiger partial charge in [-0.1, -0.05) is 0 Å². The molecule has 1 aromatic rings. The fourth-order valence-corrected chi connectivity index (χ4v) is 1.30. The van der Waals surface area contributed by atoms with Crippen LogP contribution in [0.5, 0.6) is 11.5 Å². The molecule has 0 unspecified atom stereocenters. The Morgan fingerprint density at radius 1 is 1.21 bits per heavy atom. The Morgan fingerprint density at radius 3 is 2.43 bits per heavy atom. The summed E-state index contributed by atoms with van der Waals surface area (Å²) in [4.78, 5) is 0. The fourth-order valence-electron chi connectivity index (χ4n) is 1.30. The van der Waals surface area contributed by atoms with Crippen molar-refractivity contribution in [2.24, 2.45) is 0 Å². The molecule has 1 N–H and O–H groups in total. The molecule has 0 amide bonds. The molecule has 0 aromatic heterocycles. The summed E-state index contributed by atoms with van der Waals surface area (Å²) in [5, 5.41) is 9.65. The molecule has 0 aliphatic heterocycles. The molecule has 0 radical (unpaired) electrons. The van der Waals surface area contributed by atoms with Crippen LogP contribution in [0.3, 0.4) is 0 Å². The molecule has 3 heteroatoms. The topological polar surface area (TPSA) is 38.7 Å². The lowest BCUT2D eigenvalue weighted by Gasteiger charge is -2.13. The number of phenols is 1. The summed E-state index contributed by atoms with van der Waals surface area (Å²) in [7, 11) is 1.58. The summed E-state index contributed by atoms with van der Waals surface area (Å²) in [5.41, 5.74) is 2.63. The average molecular weight is 196 g/mol. The zero-order chi connectivity index (χ0) is 10.7. The van der Waals surface area contributed by atoms with Gasteiger partial charge in [0.2, 0.25) is 0 Å². The monoisotopic (exact) mass is 196 g/mol. The number of benzene rings is 1. The van der Waals surface area contributed by atoms with Gasteiger partial charge in [0.25, 0.3) is 0 Å². The summed E-state index contributed by atoms with van der Waals surface area (Å²) in [6, 6.07) is 1.82. The zero-order valence-electron chi connectivity index (χ0n) is 9.05. The van der Waals surface area contributed by atoms with E-state index < -0.39 is 0 Å². The van der Waals surface area contributed by atoms with Crippen molar-refractivity contribution in [1.29, 1.82) is 0 Å². The maximum atomic E-state index is 9.65. The Morgan fingerprint density at radius 2 is 1.86 bits per heavy atom. The first kappa shape index (κ1) is 10.9. The van der Waals surface area contributed by atoms with Gasteiger partial charge in [0, 0.05) is 7.11 Å². The minimum atomic E-state index is 0.227. The molecule has 0 atom stereocenters. The first-order valence-electron chi connectivity index (χ1n) is 4.49. The van der Waals surface area contributed by atoms with Gasteiger partial charge in [0.15, 0.2) is 6.79 Å². The Kier molecular flexibility index (Phi) is 3.36. The van der Waals surface area contributed by atoms with E-state index in [1.807, 2.05) is 26.8 Å². The molecule has 0 aliphatic rings. The van der Waals surface area contributed by atoms with Gasteiger partial charge in [0.05, 0.1) is 0 Å². The van der Waals surface area contributed by atoms with E-state index in [1.165, 1.54) is 0 Å². The minimum Gasteiger partial charge on any atom is -0.507 e. The van der Waals surface area contributed by atoms with Crippen molar-refractivity contribution in [3.05, 3.63) is 22.8 Å². The number of hydrogen-bond acceptors (Lipinski definition) is 3. The van der Waals surface area contributed by atoms with E-state index in [9.17, 15) is 5.11 Å². The van der Waals surface area contributed by atoms with E-state index in [-0.39, 0.29) is 6.79 Å². The van der Waals surface area contributed by atoms with E-state index in [4.69, 9.17) is 9.47 Å². The molecule has 0 saturated carbocycles. The van der Waals surface area contributed by atoms with Crippen molar-refractivity contribution in [2.45, 2.75) is 20.8 Å². The number of rotatable bonds is 3. The molecule has 0 heterocycles. The number of hydrogen-bond donors (Lipinski definition) is 1. The van der Waals surface area contributed by atoms with E-state index >= 15 is 0 Å². The highest BCUT2D eigenvalue weighted by Gasteiger charge is 2.09. The number of ether oxygens (including phenoxy) is 2. The van der Waals surface area contributed by atoms with Gasteiger partial charge in [0.1, 0.15) is 11.5 Å². The van der Waals surface area contributed by atoms with Crippen LogP contribution < -0.4 is 4.74 Å². The lowest BCUT2D eigenvalue weighted by Crippen LogP contribution is -2.01. The molecular formula is C11H16O3. The smallest absolute Gasteiger partial charge is 0.188 e. The predicted molar refractivity (Wildman–Crippen MR) is 54.8 cm³/mol. The van der Waals surface area contributed by atoms with E-state index in [2.05, 4.69) is 0 Å². The highest BCUT2D eigenvalue weighted by atomic mass is 16.7. The minimum absolute atomic E-state index is 0.227. The van der Waals surface area contributed by atoms with Crippen LogP contribution in [-0.2, 0) is 4.74 Å². The average Bonchev–Trinajstić information content (AvgIpc) is 2.18. The first-order chi connectivity index (χ1) is 6.57. The maximum absolute atomic E-state index is 9.65. The van der Waals surface area contributed by atoms with Gasteiger partial charge < -0.3 is 14.6 Å². The molecule has 0 aliphatic carbocycles. The fraction of sp³-hybridized carbons (Fsp3) is 0.455. The van der Waals surface area contributed by atoms with Gasteiger partial charge in [-0.15, -0.1) is 0 Å².